The van der Waals surface area contributed by atoms with Gasteiger partial charge in [-0.15, -0.1) is 0 Å². The van der Waals surface area contributed by atoms with E-state index in [-0.39, 0.29) is 12.8 Å². The molecule has 0 aliphatic carbocycles. The molecule has 0 heterocycles. The van der Waals surface area contributed by atoms with Crippen LogP contribution in [0.2, 0.25) is 0 Å². The van der Waals surface area contributed by atoms with Gasteiger partial charge in [-0.3, -0.25) is 0 Å². The first-order valence-electron chi connectivity index (χ1n) is 2.63. The molecule has 0 aromatic rings. The minimum absolute atomic E-state index is 0.0689. The lowest BCUT2D eigenvalue weighted by molar-refractivity contribution is -1.07. The molecule has 0 aromatic heterocycles. The van der Waals surface area contributed by atoms with Crippen LogP contribution in [0.4, 0.5) is 13.8 Å². The lowest BCUT2D eigenvalue weighted by Crippen LogP contribution is -2.31. The van der Waals surface area contributed by atoms with Crippen molar-refractivity contribution >= 4 is 6.09 Å². The van der Waals surface area contributed by atoms with E-state index < -0.39 is 11.0 Å². The first-order chi connectivity index (χ1) is 4.54. The Morgan fingerprint density at radius 2 is 2.30 bits per heavy atom. The second-order valence-electron chi connectivity index (χ2n) is 1.44. The average molecular weight is 152 g/mol. The SMILES string of the molecule is C=C[N+](F)(F)C(=O)OCC. The fourth-order valence-electron chi connectivity index (χ4n) is 0.284. The first kappa shape index (κ1) is 9.03. The molecule has 0 fully saturated rings. The van der Waals surface area contributed by atoms with Gasteiger partial charge in [0.25, 0.3) is 0 Å². The zero-order valence-electron chi connectivity index (χ0n) is 5.51. The number of ether oxygens (including phenoxy) is 1. The van der Waals surface area contributed by atoms with E-state index in [0.29, 0.717) is 0 Å². The summed E-state index contributed by atoms with van der Waals surface area (Å²) in [5, 5.41) is 0. The molecule has 0 atom stereocenters. The van der Waals surface area contributed by atoms with Gasteiger partial charge < -0.3 is 4.74 Å². The number of hydrogen-bond acceptors (Lipinski definition) is 2. The van der Waals surface area contributed by atoms with Crippen LogP contribution in [0, 0.1) is 0 Å². The van der Waals surface area contributed by atoms with Gasteiger partial charge in [0, 0.05) is 0 Å². The third kappa shape index (κ3) is 2.10. The Kier molecular flexibility index (Phi) is 2.95. The third-order valence-corrected chi connectivity index (χ3v) is 0.741. The molecule has 0 aliphatic rings. The smallest absolute Gasteiger partial charge is 0.415 e. The van der Waals surface area contributed by atoms with E-state index in [1.54, 1.807) is 0 Å². The summed E-state index contributed by atoms with van der Waals surface area (Å²) in [5.41, 5.74) is 0. The van der Waals surface area contributed by atoms with Gasteiger partial charge in [-0.25, -0.2) is 0 Å². The minimum Gasteiger partial charge on any atom is -0.415 e. The fourth-order valence-corrected chi connectivity index (χ4v) is 0.284. The Balaban J connectivity index is 4.04. The molecule has 0 unspecified atom stereocenters. The third-order valence-electron chi connectivity index (χ3n) is 0.741. The van der Waals surface area contributed by atoms with Crippen molar-refractivity contribution in [1.29, 1.82) is 0 Å². The van der Waals surface area contributed by atoms with Gasteiger partial charge in [-0.05, 0) is 13.5 Å². The first-order valence-corrected chi connectivity index (χ1v) is 2.63. The monoisotopic (exact) mass is 152 g/mol. The Bertz CT molecular complexity index is 147. The van der Waals surface area contributed by atoms with Crippen LogP contribution >= 0.6 is 0 Å². The molecule has 0 saturated heterocycles. The molecule has 0 saturated carbocycles. The Morgan fingerprint density at radius 3 is 2.60 bits per heavy atom. The van der Waals surface area contributed by atoms with E-state index in [2.05, 4.69) is 11.3 Å². The van der Waals surface area contributed by atoms with Crippen molar-refractivity contribution in [3.8, 4) is 0 Å². The van der Waals surface area contributed by atoms with Gasteiger partial charge in [0.05, 0.1) is 15.6 Å². The summed E-state index contributed by atoms with van der Waals surface area (Å²) in [6.07, 6.45) is -1.42. The van der Waals surface area contributed by atoms with Crippen LogP contribution in [0.5, 0.6) is 0 Å². The molecule has 0 radical (unpaired) electrons. The van der Waals surface area contributed by atoms with E-state index >= 15 is 0 Å². The Hall–Kier alpha value is -0.970. The maximum Gasteiger partial charge on any atom is 0.602 e. The normalized spacial score (nSPS) is 10.7. The van der Waals surface area contributed by atoms with Crippen molar-refractivity contribution in [2.75, 3.05) is 6.61 Å². The van der Waals surface area contributed by atoms with E-state index in [1.807, 2.05) is 0 Å². The highest BCUT2D eigenvalue weighted by atomic mass is 19.4. The van der Waals surface area contributed by atoms with Crippen molar-refractivity contribution < 1.29 is 23.4 Å². The molecule has 0 aromatic carbocycles. The van der Waals surface area contributed by atoms with Crippen LogP contribution < -0.4 is 0 Å². The van der Waals surface area contributed by atoms with E-state index in [1.165, 1.54) is 6.92 Å². The summed E-state index contributed by atoms with van der Waals surface area (Å²) in [6.45, 7) is 4.13. The van der Waals surface area contributed by atoms with Crippen molar-refractivity contribution in [3.63, 3.8) is 0 Å². The van der Waals surface area contributed by atoms with Gasteiger partial charge >= 0.3 is 6.09 Å². The molecule has 58 valence electrons. The number of carbonyl (C=O) groups is 1. The van der Waals surface area contributed by atoms with Crippen LogP contribution in [0.3, 0.4) is 0 Å². The summed E-state index contributed by atoms with van der Waals surface area (Å²) in [5.74, 6) is 0. The maximum absolute atomic E-state index is 12.1. The molecule has 5 heteroatoms. The number of hydrogen-bond donors (Lipinski definition) is 0. The van der Waals surface area contributed by atoms with E-state index in [9.17, 15) is 13.8 Å². The number of halogens is 2. The highest BCUT2D eigenvalue weighted by molar-refractivity contribution is 5.58. The van der Waals surface area contributed by atoms with Crippen LogP contribution in [-0.2, 0) is 4.74 Å². The second-order valence-corrected chi connectivity index (χ2v) is 1.44. The molecule has 0 bridgehead atoms. The van der Waals surface area contributed by atoms with Gasteiger partial charge in [-0.2, -0.15) is 4.79 Å². The highest BCUT2D eigenvalue weighted by Gasteiger charge is 2.40. The molecule has 0 aliphatic heterocycles. The predicted molar refractivity (Wildman–Crippen MR) is 29.7 cm³/mol. The summed E-state index contributed by atoms with van der Waals surface area (Å²) >= 11 is 0. The molecular formula is C5H8F2NO2+. The van der Waals surface area contributed by atoms with Crippen LogP contribution in [-0.4, -0.2) is 17.6 Å². The summed E-state index contributed by atoms with van der Waals surface area (Å²) in [7, 11) is 0. The maximum atomic E-state index is 12.1. The van der Waals surface area contributed by atoms with Gasteiger partial charge in [-0.1, -0.05) is 0 Å². The van der Waals surface area contributed by atoms with E-state index in [0.717, 1.165) is 0 Å². The Labute approximate surface area is 57.0 Å². The lowest BCUT2D eigenvalue weighted by atomic mass is 10.8. The van der Waals surface area contributed by atoms with Crippen molar-refractivity contribution in [2.45, 2.75) is 6.92 Å². The molecular weight excluding hydrogens is 144 g/mol. The standard InChI is InChI=1S/C5H8F2NO2/c1-3-8(6,7)5(9)10-4-2/h3H,1,4H2,2H3/q+1. The zero-order chi connectivity index (χ0) is 8.20. The number of quaternary nitrogens is 1. The average Bonchev–Trinajstić information content (AvgIpc) is 1.89. The highest BCUT2D eigenvalue weighted by Crippen LogP contribution is 2.12. The molecule has 3 nitrogen and oxygen atoms in total. The van der Waals surface area contributed by atoms with Crippen molar-refractivity contribution in [2.24, 2.45) is 0 Å². The molecule has 10 heavy (non-hydrogen) atoms. The second kappa shape index (κ2) is 3.26. The topological polar surface area (TPSA) is 26.3 Å². The van der Waals surface area contributed by atoms with Gasteiger partial charge in [0.1, 0.15) is 0 Å². The predicted octanol–water partition coefficient (Wildman–Crippen LogP) is 1.87. The summed E-state index contributed by atoms with van der Waals surface area (Å²) in [6, 6.07) is 0. The largest absolute Gasteiger partial charge is 0.602 e. The number of carbonyl (C=O) groups excluding carboxylic acids is 1. The quantitative estimate of drug-likeness (QED) is 0.564. The molecule has 0 spiro atoms. The Morgan fingerprint density at radius 1 is 1.80 bits per heavy atom. The molecule has 1 amide bonds. The van der Waals surface area contributed by atoms with Crippen molar-refractivity contribution in [1.82, 2.24) is 0 Å². The summed E-state index contributed by atoms with van der Waals surface area (Å²) < 4.78 is 28.2. The minimum atomic E-state index is -2.94. The molecule has 0 rings (SSSR count). The summed E-state index contributed by atoms with van der Waals surface area (Å²) in [4.78, 5) is 7.29. The van der Waals surface area contributed by atoms with Crippen LogP contribution in [0.1, 0.15) is 6.92 Å². The van der Waals surface area contributed by atoms with Crippen molar-refractivity contribution in [3.05, 3.63) is 12.8 Å². The van der Waals surface area contributed by atoms with E-state index in [4.69, 9.17) is 0 Å². The van der Waals surface area contributed by atoms with Gasteiger partial charge in [0.15, 0.2) is 11.1 Å². The van der Waals surface area contributed by atoms with Crippen LogP contribution in [0.25, 0.3) is 0 Å². The number of amides is 1. The molecule has 0 N–H and O–H groups in total. The zero-order valence-corrected chi connectivity index (χ0v) is 5.51. The lowest BCUT2D eigenvalue weighted by Gasteiger charge is -2.02. The van der Waals surface area contributed by atoms with Gasteiger partial charge in [0.2, 0.25) is 0 Å². The number of rotatable bonds is 2. The fraction of sp³-hybridized carbons (Fsp3) is 0.400. The number of nitrogens with zero attached hydrogens (tertiary/aromatic N) is 1. The van der Waals surface area contributed by atoms with Crippen LogP contribution in [0.15, 0.2) is 12.8 Å².